The first-order valence-corrected chi connectivity index (χ1v) is 10.2. The van der Waals surface area contributed by atoms with Crippen LogP contribution in [0, 0.1) is 5.82 Å². The summed E-state index contributed by atoms with van der Waals surface area (Å²) in [5.74, 6) is -0.0616. The molecule has 0 N–H and O–H groups in total. The number of nitrogens with zero attached hydrogens (tertiary/aromatic N) is 2. The van der Waals surface area contributed by atoms with Crippen molar-refractivity contribution in [3.63, 3.8) is 0 Å². The molecule has 0 aliphatic carbocycles. The molecule has 25 heavy (non-hydrogen) atoms. The lowest BCUT2D eigenvalue weighted by atomic mass is 10.2. The fraction of sp³-hybridized carbons (Fsp3) is 0.588. The van der Waals surface area contributed by atoms with Crippen molar-refractivity contribution in [3.8, 4) is 5.75 Å². The highest BCUT2D eigenvalue weighted by Crippen LogP contribution is 2.17. The Morgan fingerprint density at radius 2 is 2.08 bits per heavy atom. The van der Waals surface area contributed by atoms with Gasteiger partial charge in [-0.2, -0.15) is 0 Å². The molecule has 1 aromatic carbocycles. The number of amides is 1. The van der Waals surface area contributed by atoms with Crippen LogP contribution in [0.15, 0.2) is 24.3 Å². The molecule has 8 heteroatoms. The summed E-state index contributed by atoms with van der Waals surface area (Å²) in [7, 11) is -1.20. The van der Waals surface area contributed by atoms with Crippen molar-refractivity contribution in [1.29, 1.82) is 0 Å². The first-order chi connectivity index (χ1) is 11.8. The van der Waals surface area contributed by atoms with E-state index >= 15 is 0 Å². The number of sulfone groups is 1. The van der Waals surface area contributed by atoms with Crippen molar-refractivity contribution in [2.24, 2.45) is 0 Å². The highest BCUT2D eigenvalue weighted by Gasteiger charge is 2.31. The predicted octanol–water partition coefficient (Wildman–Crippen LogP) is 1.17. The maximum absolute atomic E-state index is 13.5. The molecular weight excluding hydrogens is 347 g/mol. The minimum Gasteiger partial charge on any atom is -0.489 e. The molecule has 140 valence electrons. The Balaban J connectivity index is 1.81. The number of hydrogen-bond acceptors (Lipinski definition) is 5. The highest BCUT2D eigenvalue weighted by atomic mass is 32.2. The summed E-state index contributed by atoms with van der Waals surface area (Å²) in [5, 5.41) is 0. The predicted molar refractivity (Wildman–Crippen MR) is 93.8 cm³/mol. The lowest BCUT2D eigenvalue weighted by molar-refractivity contribution is -0.132. The fourth-order valence-electron chi connectivity index (χ4n) is 2.85. The lowest BCUT2D eigenvalue weighted by Crippen LogP contribution is -2.44. The lowest BCUT2D eigenvalue weighted by Gasteiger charge is -2.27. The molecule has 1 heterocycles. The van der Waals surface area contributed by atoms with Crippen LogP contribution in [-0.4, -0.2) is 75.0 Å². The van der Waals surface area contributed by atoms with E-state index in [0.717, 1.165) is 0 Å². The largest absolute Gasteiger partial charge is 0.489 e. The summed E-state index contributed by atoms with van der Waals surface area (Å²) in [6.07, 6.45) is 0.564. The number of para-hydroxylation sites is 1. The number of benzene rings is 1. The van der Waals surface area contributed by atoms with E-state index in [2.05, 4.69) is 0 Å². The average molecular weight is 372 g/mol. The number of carbonyl (C=O) groups is 1. The number of likely N-dealkylation sites (N-methyl/N-ethyl adjacent to an activating group) is 2. The molecule has 0 bridgehead atoms. The minimum atomic E-state index is -2.97. The molecule has 6 nitrogen and oxygen atoms in total. The van der Waals surface area contributed by atoms with Gasteiger partial charge in [-0.3, -0.25) is 9.69 Å². The van der Waals surface area contributed by atoms with Gasteiger partial charge in [-0.15, -0.1) is 0 Å². The maximum atomic E-state index is 13.5. The topological polar surface area (TPSA) is 66.9 Å². The van der Waals surface area contributed by atoms with Gasteiger partial charge >= 0.3 is 0 Å². The molecule has 0 spiro atoms. The Labute approximate surface area is 148 Å². The Hall–Kier alpha value is -1.67. The second-order valence-corrected chi connectivity index (χ2v) is 8.45. The van der Waals surface area contributed by atoms with Crippen molar-refractivity contribution >= 4 is 15.7 Å². The van der Waals surface area contributed by atoms with E-state index in [1.807, 2.05) is 6.92 Å². The molecule has 0 saturated carbocycles. The smallest absolute Gasteiger partial charge is 0.236 e. The third-order valence-electron chi connectivity index (χ3n) is 4.41. The standard InChI is InChI=1S/C17H25FN2O4S/c1-3-20(9-10-24-16-7-5-4-6-15(16)18)17(21)12-19(2)14-8-11-25(22,23)13-14/h4-7,14H,3,8-13H2,1-2H3/t14-/m1/s1. The molecular formula is C17H25FN2O4S. The molecule has 1 atom stereocenters. The Kier molecular flexibility index (Phi) is 6.78. The average Bonchev–Trinajstić information content (AvgIpc) is 2.93. The Bertz CT molecular complexity index is 696. The first-order valence-electron chi connectivity index (χ1n) is 8.38. The van der Waals surface area contributed by atoms with Crippen LogP contribution in [0.2, 0.25) is 0 Å². The highest BCUT2D eigenvalue weighted by molar-refractivity contribution is 7.91. The monoisotopic (exact) mass is 372 g/mol. The van der Waals surface area contributed by atoms with E-state index in [-0.39, 0.29) is 42.4 Å². The molecule has 1 aliphatic heterocycles. The van der Waals surface area contributed by atoms with E-state index in [0.29, 0.717) is 19.5 Å². The molecule has 1 saturated heterocycles. The van der Waals surface area contributed by atoms with Crippen LogP contribution in [-0.2, 0) is 14.6 Å². The van der Waals surface area contributed by atoms with Gasteiger partial charge in [-0.25, -0.2) is 12.8 Å². The van der Waals surface area contributed by atoms with Crippen molar-refractivity contribution in [2.45, 2.75) is 19.4 Å². The normalized spacial score (nSPS) is 19.1. The number of hydrogen-bond donors (Lipinski definition) is 0. The van der Waals surface area contributed by atoms with Gasteiger partial charge in [-0.05, 0) is 32.5 Å². The van der Waals surface area contributed by atoms with E-state index in [9.17, 15) is 17.6 Å². The van der Waals surface area contributed by atoms with Crippen molar-refractivity contribution < 1.29 is 22.3 Å². The third kappa shape index (κ3) is 5.67. The quantitative estimate of drug-likeness (QED) is 0.685. The van der Waals surface area contributed by atoms with Gasteiger partial charge in [0.1, 0.15) is 6.61 Å². The number of carbonyl (C=O) groups excluding carboxylic acids is 1. The van der Waals surface area contributed by atoms with Crippen LogP contribution >= 0.6 is 0 Å². The molecule has 1 fully saturated rings. The van der Waals surface area contributed by atoms with E-state index in [1.54, 1.807) is 35.0 Å². The van der Waals surface area contributed by atoms with E-state index < -0.39 is 15.7 Å². The van der Waals surface area contributed by atoms with Crippen LogP contribution in [0.1, 0.15) is 13.3 Å². The van der Waals surface area contributed by atoms with Gasteiger partial charge in [0.05, 0.1) is 24.6 Å². The zero-order valence-corrected chi connectivity index (χ0v) is 15.5. The third-order valence-corrected chi connectivity index (χ3v) is 6.16. The molecule has 1 aromatic rings. The van der Waals surface area contributed by atoms with E-state index in [4.69, 9.17) is 4.74 Å². The fourth-order valence-corrected chi connectivity index (χ4v) is 4.66. The summed E-state index contributed by atoms with van der Waals surface area (Å²) in [5.41, 5.74) is 0. The summed E-state index contributed by atoms with van der Waals surface area (Å²) in [4.78, 5) is 15.8. The van der Waals surface area contributed by atoms with E-state index in [1.165, 1.54) is 6.07 Å². The zero-order chi connectivity index (χ0) is 18.4. The van der Waals surface area contributed by atoms with Crippen LogP contribution < -0.4 is 4.74 Å². The Morgan fingerprint density at radius 1 is 1.36 bits per heavy atom. The molecule has 1 aliphatic rings. The van der Waals surface area contributed by atoms with Crippen molar-refractivity contribution in [2.75, 3.05) is 44.8 Å². The van der Waals surface area contributed by atoms with Crippen LogP contribution in [0.3, 0.4) is 0 Å². The summed E-state index contributed by atoms with van der Waals surface area (Å²) >= 11 is 0. The molecule has 2 rings (SSSR count). The minimum absolute atomic E-state index is 0.0913. The first kappa shape index (κ1) is 19.7. The molecule has 0 radical (unpaired) electrons. The van der Waals surface area contributed by atoms with Crippen molar-refractivity contribution in [3.05, 3.63) is 30.1 Å². The maximum Gasteiger partial charge on any atom is 0.236 e. The second kappa shape index (κ2) is 8.62. The summed E-state index contributed by atoms with van der Waals surface area (Å²) in [6.45, 7) is 3.08. The zero-order valence-electron chi connectivity index (χ0n) is 14.7. The molecule has 1 amide bonds. The van der Waals surface area contributed by atoms with Gasteiger partial charge in [0.25, 0.3) is 0 Å². The number of ether oxygens (including phenoxy) is 1. The van der Waals surface area contributed by atoms with Gasteiger partial charge in [0.2, 0.25) is 5.91 Å². The van der Waals surface area contributed by atoms with Gasteiger partial charge < -0.3 is 9.64 Å². The van der Waals surface area contributed by atoms with Crippen LogP contribution in [0.5, 0.6) is 5.75 Å². The van der Waals surface area contributed by atoms with Gasteiger partial charge in [0, 0.05) is 12.6 Å². The molecule has 0 aromatic heterocycles. The van der Waals surface area contributed by atoms with Gasteiger partial charge in [0.15, 0.2) is 21.4 Å². The SMILES string of the molecule is CCN(CCOc1ccccc1F)C(=O)CN(C)[C@@H]1CCS(=O)(=O)C1. The van der Waals surface area contributed by atoms with Crippen molar-refractivity contribution in [1.82, 2.24) is 9.80 Å². The summed E-state index contributed by atoms with van der Waals surface area (Å²) in [6, 6.07) is 6.03. The molecule has 0 unspecified atom stereocenters. The second-order valence-electron chi connectivity index (χ2n) is 6.22. The summed E-state index contributed by atoms with van der Waals surface area (Å²) < 4.78 is 42.0. The van der Waals surface area contributed by atoms with Crippen LogP contribution in [0.25, 0.3) is 0 Å². The Morgan fingerprint density at radius 3 is 2.68 bits per heavy atom. The van der Waals surface area contributed by atoms with Crippen LogP contribution in [0.4, 0.5) is 4.39 Å². The van der Waals surface area contributed by atoms with Gasteiger partial charge in [-0.1, -0.05) is 12.1 Å². The number of halogens is 1. The number of rotatable bonds is 8.